The van der Waals surface area contributed by atoms with Crippen LogP contribution >= 0.6 is 38.5 Å². The maximum absolute atomic E-state index is 3.59. The van der Waals surface area contributed by atoms with Gasteiger partial charge in [0.25, 0.3) is 0 Å². The Morgan fingerprint density at radius 3 is 2.76 bits per heavy atom. The molecule has 2 aromatic rings. The second kappa shape index (κ2) is 6.80. The number of fused-ring (bicyclic) bond motifs is 1. The molecule has 0 radical (unpaired) electrons. The van der Waals surface area contributed by atoms with E-state index in [9.17, 15) is 0 Å². The molecule has 0 spiro atoms. The van der Waals surface area contributed by atoms with Gasteiger partial charge in [-0.1, -0.05) is 34.1 Å². The molecule has 0 amide bonds. The average Bonchev–Trinajstić information content (AvgIpc) is 2.95. The second-order valence-electron chi connectivity index (χ2n) is 5.67. The highest BCUT2D eigenvalue weighted by Crippen LogP contribution is 2.28. The monoisotopic (exact) mass is 455 g/mol. The van der Waals surface area contributed by atoms with Gasteiger partial charge >= 0.3 is 0 Å². The highest BCUT2D eigenvalue weighted by Gasteiger charge is 2.16. The van der Waals surface area contributed by atoms with Crippen LogP contribution in [0.15, 0.2) is 40.9 Å². The third-order valence-electron chi connectivity index (χ3n) is 4.28. The first-order chi connectivity index (χ1) is 10.2. The molecule has 1 atom stereocenters. The van der Waals surface area contributed by atoms with Crippen LogP contribution in [-0.4, -0.2) is 7.05 Å². The van der Waals surface area contributed by atoms with E-state index in [-0.39, 0.29) is 0 Å². The largest absolute Gasteiger partial charge is 0.313 e. The molecule has 0 bridgehead atoms. The molecule has 0 saturated heterocycles. The Morgan fingerprint density at radius 2 is 1.95 bits per heavy atom. The van der Waals surface area contributed by atoms with Crippen molar-refractivity contribution in [2.75, 3.05) is 7.05 Å². The lowest BCUT2D eigenvalue weighted by Gasteiger charge is -2.19. The van der Waals surface area contributed by atoms with Crippen LogP contribution in [0.2, 0.25) is 0 Å². The van der Waals surface area contributed by atoms with Crippen LogP contribution in [0.5, 0.6) is 0 Å². The summed E-state index contributed by atoms with van der Waals surface area (Å²) in [7, 11) is 2.05. The van der Waals surface area contributed by atoms with E-state index in [1.807, 2.05) is 0 Å². The Kier molecular flexibility index (Phi) is 5.02. The topological polar surface area (TPSA) is 12.0 Å². The summed E-state index contributed by atoms with van der Waals surface area (Å²) in [6.45, 7) is 0. The lowest BCUT2D eigenvalue weighted by molar-refractivity contribution is 0.589. The van der Waals surface area contributed by atoms with Crippen LogP contribution in [0, 0.1) is 3.57 Å². The van der Waals surface area contributed by atoms with Gasteiger partial charge in [0.1, 0.15) is 0 Å². The highest BCUT2D eigenvalue weighted by atomic mass is 127. The Hall–Kier alpha value is -0.390. The van der Waals surface area contributed by atoms with Crippen molar-refractivity contribution in [1.29, 1.82) is 0 Å². The molecule has 3 heteroatoms. The van der Waals surface area contributed by atoms with Gasteiger partial charge in [-0.3, -0.25) is 0 Å². The Morgan fingerprint density at radius 1 is 1.14 bits per heavy atom. The molecule has 1 N–H and O–H groups in total. The third-order valence-corrected chi connectivity index (χ3v) is 5.76. The van der Waals surface area contributed by atoms with E-state index in [4.69, 9.17) is 0 Å². The number of rotatable bonds is 4. The van der Waals surface area contributed by atoms with E-state index in [2.05, 4.69) is 87.3 Å². The van der Waals surface area contributed by atoms with E-state index < -0.39 is 0 Å². The highest BCUT2D eigenvalue weighted by molar-refractivity contribution is 14.1. The molecule has 21 heavy (non-hydrogen) atoms. The van der Waals surface area contributed by atoms with Crippen LogP contribution in [-0.2, 0) is 19.3 Å². The van der Waals surface area contributed by atoms with Crippen LogP contribution < -0.4 is 5.32 Å². The smallest absolute Gasteiger partial charge is 0.0369 e. The van der Waals surface area contributed by atoms with Crippen molar-refractivity contribution in [2.45, 2.75) is 31.7 Å². The van der Waals surface area contributed by atoms with Crippen molar-refractivity contribution in [3.8, 4) is 0 Å². The molecular weight excluding hydrogens is 437 g/mol. The number of halogens is 2. The van der Waals surface area contributed by atoms with Crippen molar-refractivity contribution in [3.05, 3.63) is 66.7 Å². The number of hydrogen-bond acceptors (Lipinski definition) is 1. The maximum Gasteiger partial charge on any atom is 0.0369 e. The van der Waals surface area contributed by atoms with Gasteiger partial charge in [0.05, 0.1) is 0 Å². The quantitative estimate of drug-likeness (QED) is 0.636. The number of hydrogen-bond donors (Lipinski definition) is 1. The standard InChI is InChI=1S/C18H19BrIN/c1-21-18(16-11-15(19)7-8-17(16)20)10-12-5-6-13-3-2-4-14(13)9-12/h5-9,11,18,21H,2-4,10H2,1H3. The normalized spacial score (nSPS) is 15.0. The minimum absolute atomic E-state index is 0.355. The zero-order valence-corrected chi connectivity index (χ0v) is 15.9. The second-order valence-corrected chi connectivity index (χ2v) is 7.75. The zero-order chi connectivity index (χ0) is 14.8. The van der Waals surface area contributed by atoms with Crippen LogP contribution in [0.4, 0.5) is 0 Å². The average molecular weight is 456 g/mol. The number of nitrogens with one attached hydrogen (secondary N) is 1. The molecule has 0 heterocycles. The van der Waals surface area contributed by atoms with Crippen molar-refractivity contribution < 1.29 is 0 Å². The van der Waals surface area contributed by atoms with E-state index >= 15 is 0 Å². The molecule has 0 saturated carbocycles. The fraction of sp³-hybridized carbons (Fsp3) is 0.333. The summed E-state index contributed by atoms with van der Waals surface area (Å²) in [5.41, 5.74) is 5.92. The van der Waals surface area contributed by atoms with E-state index in [1.54, 1.807) is 11.1 Å². The summed E-state index contributed by atoms with van der Waals surface area (Å²) < 4.78 is 2.46. The molecule has 1 nitrogen and oxygen atoms in total. The summed E-state index contributed by atoms with van der Waals surface area (Å²) >= 11 is 6.02. The summed E-state index contributed by atoms with van der Waals surface area (Å²) in [6.07, 6.45) is 4.87. The first-order valence-corrected chi connectivity index (χ1v) is 9.27. The molecule has 1 aliphatic rings. The lowest BCUT2D eigenvalue weighted by Crippen LogP contribution is -2.20. The SMILES string of the molecule is CNC(Cc1ccc2c(c1)CCC2)c1cc(Br)ccc1I. The van der Waals surface area contributed by atoms with Crippen molar-refractivity contribution in [3.63, 3.8) is 0 Å². The minimum Gasteiger partial charge on any atom is -0.313 e. The molecule has 3 rings (SSSR count). The third kappa shape index (κ3) is 3.51. The van der Waals surface area contributed by atoms with Gasteiger partial charge in [0.15, 0.2) is 0 Å². The Balaban J connectivity index is 1.86. The van der Waals surface area contributed by atoms with Gasteiger partial charge in [-0.2, -0.15) is 0 Å². The summed E-state index contributed by atoms with van der Waals surface area (Å²) in [4.78, 5) is 0. The van der Waals surface area contributed by atoms with Crippen LogP contribution in [0.3, 0.4) is 0 Å². The molecule has 2 aromatic carbocycles. The van der Waals surface area contributed by atoms with Gasteiger partial charge in [-0.25, -0.2) is 0 Å². The van der Waals surface area contributed by atoms with Gasteiger partial charge in [0, 0.05) is 14.1 Å². The predicted octanol–water partition coefficient (Wildman–Crippen LogP) is 5.05. The fourth-order valence-corrected chi connectivity index (χ4v) is 4.23. The van der Waals surface area contributed by atoms with Crippen LogP contribution in [0.25, 0.3) is 0 Å². The number of likely N-dealkylation sites (N-methyl/N-ethyl adjacent to an activating group) is 1. The van der Waals surface area contributed by atoms with Gasteiger partial charge in [-0.15, -0.1) is 0 Å². The van der Waals surface area contributed by atoms with Crippen LogP contribution in [0.1, 0.15) is 34.7 Å². The molecule has 0 aromatic heterocycles. The lowest BCUT2D eigenvalue weighted by atomic mass is 9.96. The molecule has 110 valence electrons. The van der Waals surface area contributed by atoms with Crippen molar-refractivity contribution in [1.82, 2.24) is 5.32 Å². The van der Waals surface area contributed by atoms with Gasteiger partial charge in [0.2, 0.25) is 0 Å². The van der Waals surface area contributed by atoms with E-state index in [1.165, 1.54) is 34.0 Å². The molecule has 0 aliphatic heterocycles. The van der Waals surface area contributed by atoms with E-state index in [0.29, 0.717) is 6.04 Å². The first-order valence-electron chi connectivity index (χ1n) is 7.40. The molecular formula is C18H19BrIN. The Labute approximate surface area is 148 Å². The predicted molar refractivity (Wildman–Crippen MR) is 101 cm³/mol. The maximum atomic E-state index is 3.59. The summed E-state index contributed by atoms with van der Waals surface area (Å²) in [6, 6.07) is 13.9. The minimum atomic E-state index is 0.355. The molecule has 1 unspecified atom stereocenters. The van der Waals surface area contributed by atoms with E-state index in [0.717, 1.165) is 10.9 Å². The molecule has 0 fully saturated rings. The number of aryl methyl sites for hydroxylation is 2. The van der Waals surface area contributed by atoms with Crippen molar-refractivity contribution >= 4 is 38.5 Å². The summed E-state index contributed by atoms with van der Waals surface area (Å²) in [5.74, 6) is 0. The fourth-order valence-electron chi connectivity index (χ4n) is 3.14. The first kappa shape index (κ1) is 15.5. The van der Waals surface area contributed by atoms with Gasteiger partial charge < -0.3 is 5.32 Å². The van der Waals surface area contributed by atoms with Crippen molar-refractivity contribution in [2.24, 2.45) is 0 Å². The molecule has 1 aliphatic carbocycles. The summed E-state index contributed by atoms with van der Waals surface area (Å²) in [5, 5.41) is 3.48. The zero-order valence-electron chi connectivity index (χ0n) is 12.1. The number of benzene rings is 2. The Bertz CT molecular complexity index is 654. The van der Waals surface area contributed by atoms with Gasteiger partial charge in [-0.05, 0) is 95.8 Å².